The van der Waals surface area contributed by atoms with Gasteiger partial charge in [0.15, 0.2) is 5.78 Å². The number of hydrogen-bond donors (Lipinski definition) is 0. The molecule has 0 unspecified atom stereocenters. The Morgan fingerprint density at radius 3 is 2.81 bits per heavy atom. The van der Waals surface area contributed by atoms with Crippen LogP contribution in [0.2, 0.25) is 0 Å². The molecule has 0 aliphatic heterocycles. The molecule has 0 spiro atoms. The number of carbonyl (C=O) groups excluding carboxylic acids is 1. The van der Waals surface area contributed by atoms with Gasteiger partial charge in [-0.2, -0.15) is 0 Å². The Balaban J connectivity index is 2.13. The molecule has 82 valence electrons. The summed E-state index contributed by atoms with van der Waals surface area (Å²) in [6.07, 6.45) is 0.435. The summed E-state index contributed by atoms with van der Waals surface area (Å²) in [5.41, 5.74) is 2.82. The molecule has 1 aromatic carbocycles. The van der Waals surface area contributed by atoms with E-state index in [-0.39, 0.29) is 5.78 Å². The monoisotopic (exact) mass is 231 g/mol. The zero-order valence-corrected chi connectivity index (χ0v) is 10.2. The van der Waals surface area contributed by atoms with Crippen LogP contribution in [0.4, 0.5) is 0 Å². The molecule has 2 nitrogen and oxygen atoms in total. The van der Waals surface area contributed by atoms with Gasteiger partial charge < -0.3 is 0 Å². The van der Waals surface area contributed by atoms with Crippen molar-refractivity contribution in [2.75, 3.05) is 0 Å². The van der Waals surface area contributed by atoms with Gasteiger partial charge in [-0.15, -0.1) is 11.3 Å². The highest BCUT2D eigenvalue weighted by atomic mass is 32.1. The van der Waals surface area contributed by atoms with E-state index in [1.807, 2.05) is 43.5 Å². The van der Waals surface area contributed by atoms with E-state index in [0.717, 1.165) is 10.6 Å². The van der Waals surface area contributed by atoms with E-state index in [1.165, 1.54) is 16.9 Å². The van der Waals surface area contributed by atoms with Gasteiger partial charge in [-0.3, -0.25) is 4.79 Å². The summed E-state index contributed by atoms with van der Waals surface area (Å²) in [7, 11) is 0. The fourth-order valence-corrected chi connectivity index (χ4v) is 2.21. The maximum atomic E-state index is 11.9. The molecule has 0 N–H and O–H groups in total. The van der Waals surface area contributed by atoms with Gasteiger partial charge in [0.2, 0.25) is 0 Å². The van der Waals surface area contributed by atoms with E-state index in [9.17, 15) is 4.79 Å². The third kappa shape index (κ3) is 2.55. The molecule has 0 aliphatic rings. The Morgan fingerprint density at radius 2 is 2.19 bits per heavy atom. The van der Waals surface area contributed by atoms with Crippen LogP contribution < -0.4 is 0 Å². The smallest absolute Gasteiger partial charge is 0.186 e. The molecule has 2 aromatic rings. The third-order valence-corrected chi connectivity index (χ3v) is 3.13. The number of aryl methyl sites for hydroxylation is 2. The van der Waals surface area contributed by atoms with Crippen LogP contribution in [-0.4, -0.2) is 10.8 Å². The number of benzene rings is 1. The highest BCUT2D eigenvalue weighted by Gasteiger charge is 2.10. The van der Waals surface area contributed by atoms with Gasteiger partial charge in [0.1, 0.15) is 5.69 Å². The van der Waals surface area contributed by atoms with Crippen molar-refractivity contribution in [1.82, 2.24) is 4.98 Å². The maximum Gasteiger partial charge on any atom is 0.186 e. The number of hydrogen-bond acceptors (Lipinski definition) is 3. The standard InChI is InChI=1S/C13H13NOS/c1-9-4-3-5-11(6-9)7-13(15)12-8-16-10(2)14-12/h3-6,8H,7H2,1-2H3. The fourth-order valence-electron chi connectivity index (χ4n) is 1.59. The van der Waals surface area contributed by atoms with E-state index in [4.69, 9.17) is 0 Å². The molecular weight excluding hydrogens is 218 g/mol. The molecule has 0 fully saturated rings. The molecule has 0 amide bonds. The zero-order valence-electron chi connectivity index (χ0n) is 9.36. The summed E-state index contributed by atoms with van der Waals surface area (Å²) in [5.74, 6) is 0.0925. The van der Waals surface area contributed by atoms with Crippen LogP contribution in [0.3, 0.4) is 0 Å². The van der Waals surface area contributed by atoms with Crippen molar-refractivity contribution in [2.24, 2.45) is 0 Å². The summed E-state index contributed by atoms with van der Waals surface area (Å²) in [5, 5.41) is 2.76. The SMILES string of the molecule is Cc1cccc(CC(=O)c2csc(C)n2)c1. The predicted molar refractivity (Wildman–Crippen MR) is 66.1 cm³/mol. The zero-order chi connectivity index (χ0) is 11.5. The molecule has 0 bridgehead atoms. The van der Waals surface area contributed by atoms with Crippen LogP contribution in [0, 0.1) is 13.8 Å². The van der Waals surface area contributed by atoms with Crippen molar-refractivity contribution in [3.8, 4) is 0 Å². The summed E-state index contributed by atoms with van der Waals surface area (Å²) in [6, 6.07) is 8.02. The van der Waals surface area contributed by atoms with Crippen molar-refractivity contribution in [3.63, 3.8) is 0 Å². The summed E-state index contributed by atoms with van der Waals surface area (Å²) >= 11 is 1.51. The van der Waals surface area contributed by atoms with Crippen LogP contribution in [-0.2, 0) is 6.42 Å². The molecule has 1 heterocycles. The number of ketones is 1. The fraction of sp³-hybridized carbons (Fsp3) is 0.231. The average molecular weight is 231 g/mol. The second-order valence-electron chi connectivity index (χ2n) is 3.84. The minimum absolute atomic E-state index is 0.0925. The number of carbonyl (C=O) groups is 1. The molecule has 3 heteroatoms. The lowest BCUT2D eigenvalue weighted by Gasteiger charge is -2.00. The van der Waals surface area contributed by atoms with E-state index >= 15 is 0 Å². The van der Waals surface area contributed by atoms with E-state index < -0.39 is 0 Å². The Kier molecular flexibility index (Phi) is 3.15. The van der Waals surface area contributed by atoms with Gasteiger partial charge in [0.05, 0.1) is 5.01 Å². The van der Waals surface area contributed by atoms with Gasteiger partial charge in [-0.25, -0.2) is 4.98 Å². The van der Waals surface area contributed by atoms with Gasteiger partial charge >= 0.3 is 0 Å². The number of Topliss-reactive ketones (excluding diaryl/α,β-unsaturated/α-hetero) is 1. The lowest BCUT2D eigenvalue weighted by molar-refractivity contribution is 0.0989. The molecule has 16 heavy (non-hydrogen) atoms. The first kappa shape index (κ1) is 11.0. The summed E-state index contributed by atoms with van der Waals surface area (Å²) < 4.78 is 0. The van der Waals surface area contributed by atoms with Crippen LogP contribution in [0.15, 0.2) is 29.6 Å². The summed E-state index contributed by atoms with van der Waals surface area (Å²) in [4.78, 5) is 16.1. The Labute approximate surface area is 99.0 Å². The molecule has 2 rings (SSSR count). The lowest BCUT2D eigenvalue weighted by atomic mass is 10.1. The Morgan fingerprint density at radius 1 is 1.38 bits per heavy atom. The van der Waals surface area contributed by atoms with Crippen molar-refractivity contribution < 1.29 is 4.79 Å². The Hall–Kier alpha value is -1.48. The molecular formula is C13H13NOS. The topological polar surface area (TPSA) is 30.0 Å². The predicted octanol–water partition coefficient (Wildman–Crippen LogP) is 3.19. The molecule has 0 aliphatic carbocycles. The van der Waals surface area contributed by atoms with Crippen molar-refractivity contribution >= 4 is 17.1 Å². The molecule has 0 saturated carbocycles. The van der Waals surface area contributed by atoms with Gasteiger partial charge in [0.25, 0.3) is 0 Å². The van der Waals surface area contributed by atoms with E-state index in [0.29, 0.717) is 12.1 Å². The minimum Gasteiger partial charge on any atom is -0.292 e. The normalized spacial score (nSPS) is 10.4. The largest absolute Gasteiger partial charge is 0.292 e. The van der Waals surface area contributed by atoms with Crippen LogP contribution in [0.25, 0.3) is 0 Å². The highest BCUT2D eigenvalue weighted by molar-refractivity contribution is 7.09. The first-order chi connectivity index (χ1) is 7.65. The van der Waals surface area contributed by atoms with Gasteiger partial charge in [-0.05, 0) is 19.4 Å². The highest BCUT2D eigenvalue weighted by Crippen LogP contribution is 2.12. The van der Waals surface area contributed by atoms with Crippen molar-refractivity contribution in [1.29, 1.82) is 0 Å². The van der Waals surface area contributed by atoms with Crippen LogP contribution in [0.5, 0.6) is 0 Å². The first-order valence-electron chi connectivity index (χ1n) is 5.16. The minimum atomic E-state index is 0.0925. The number of aromatic nitrogens is 1. The summed E-state index contributed by atoms with van der Waals surface area (Å²) in [6.45, 7) is 3.94. The molecule has 1 aromatic heterocycles. The van der Waals surface area contributed by atoms with Gasteiger partial charge in [0, 0.05) is 11.8 Å². The number of thiazole rings is 1. The van der Waals surface area contributed by atoms with E-state index in [1.54, 1.807) is 0 Å². The first-order valence-corrected chi connectivity index (χ1v) is 6.04. The second-order valence-corrected chi connectivity index (χ2v) is 4.90. The van der Waals surface area contributed by atoms with Crippen LogP contribution >= 0.6 is 11.3 Å². The third-order valence-electron chi connectivity index (χ3n) is 2.35. The van der Waals surface area contributed by atoms with Gasteiger partial charge in [-0.1, -0.05) is 29.8 Å². The lowest BCUT2D eigenvalue weighted by Crippen LogP contribution is -2.04. The maximum absolute atomic E-state index is 11.9. The average Bonchev–Trinajstić information content (AvgIpc) is 2.65. The number of rotatable bonds is 3. The Bertz CT molecular complexity index is 516. The molecule has 0 atom stereocenters. The second kappa shape index (κ2) is 4.58. The van der Waals surface area contributed by atoms with Crippen molar-refractivity contribution in [2.45, 2.75) is 20.3 Å². The molecule has 0 saturated heterocycles. The quantitative estimate of drug-likeness (QED) is 0.759. The molecule has 0 radical (unpaired) electrons. The van der Waals surface area contributed by atoms with Crippen LogP contribution in [0.1, 0.15) is 26.6 Å². The van der Waals surface area contributed by atoms with Crippen molar-refractivity contribution in [3.05, 3.63) is 51.5 Å². The van der Waals surface area contributed by atoms with E-state index in [2.05, 4.69) is 4.98 Å². The number of nitrogens with zero attached hydrogens (tertiary/aromatic N) is 1.